The lowest BCUT2D eigenvalue weighted by atomic mass is 9.93. The van der Waals surface area contributed by atoms with Gasteiger partial charge in [-0.1, -0.05) is 0 Å². The highest BCUT2D eigenvalue weighted by Gasteiger charge is 2.43. The Morgan fingerprint density at radius 3 is 3.27 bits per heavy atom. The second kappa shape index (κ2) is 3.34. The van der Waals surface area contributed by atoms with Crippen molar-refractivity contribution in [2.75, 3.05) is 19.9 Å². The molecule has 80 valence electrons. The first-order valence-corrected chi connectivity index (χ1v) is 5.17. The van der Waals surface area contributed by atoms with Gasteiger partial charge < -0.3 is 14.5 Å². The zero-order chi connectivity index (χ0) is 10.3. The van der Waals surface area contributed by atoms with Gasteiger partial charge in [-0.15, -0.1) is 0 Å². The first-order chi connectivity index (χ1) is 7.40. The SMILES string of the molecule is O=CN1COC[C@@H]1[C@H]1CC2=NC=CCN21. The minimum Gasteiger partial charge on any atom is -0.359 e. The molecule has 0 saturated carbocycles. The van der Waals surface area contributed by atoms with Gasteiger partial charge >= 0.3 is 0 Å². The standard InChI is InChI=1S/C10H13N3O2/c14-6-12-7-15-5-9(12)8-4-10-11-2-1-3-13(8)10/h1-2,6,8-9H,3-5,7H2/t8-,9-/m1/s1. The van der Waals surface area contributed by atoms with Gasteiger partial charge in [0.15, 0.2) is 0 Å². The number of carbonyl (C=O) groups excluding carboxylic acids is 1. The Balaban J connectivity index is 1.72. The quantitative estimate of drug-likeness (QED) is 0.589. The third-order valence-corrected chi connectivity index (χ3v) is 3.29. The molecule has 2 atom stereocenters. The molecule has 3 aliphatic heterocycles. The number of nitrogens with zero attached hydrogens (tertiary/aromatic N) is 3. The second-order valence-corrected chi connectivity index (χ2v) is 4.04. The number of fused-ring (bicyclic) bond motifs is 1. The van der Waals surface area contributed by atoms with Crippen LogP contribution in [0, 0.1) is 0 Å². The van der Waals surface area contributed by atoms with Crippen LogP contribution in [0.1, 0.15) is 6.42 Å². The monoisotopic (exact) mass is 207 g/mol. The summed E-state index contributed by atoms with van der Waals surface area (Å²) in [4.78, 5) is 19.1. The van der Waals surface area contributed by atoms with Gasteiger partial charge in [-0.05, 0) is 6.08 Å². The molecule has 2 saturated heterocycles. The van der Waals surface area contributed by atoms with Crippen LogP contribution in [0.3, 0.4) is 0 Å². The molecule has 3 aliphatic rings. The minimum absolute atomic E-state index is 0.202. The van der Waals surface area contributed by atoms with Gasteiger partial charge in [0, 0.05) is 19.2 Å². The van der Waals surface area contributed by atoms with Crippen molar-refractivity contribution >= 4 is 12.2 Å². The van der Waals surface area contributed by atoms with Crippen molar-refractivity contribution in [1.29, 1.82) is 0 Å². The molecule has 0 aromatic rings. The molecular formula is C10H13N3O2. The Bertz CT molecular complexity index is 340. The molecule has 0 aromatic carbocycles. The van der Waals surface area contributed by atoms with Gasteiger partial charge in [-0.3, -0.25) is 4.79 Å². The summed E-state index contributed by atoms with van der Waals surface area (Å²) in [7, 11) is 0. The fourth-order valence-corrected chi connectivity index (χ4v) is 2.42. The number of rotatable bonds is 2. The molecule has 0 unspecified atom stereocenters. The van der Waals surface area contributed by atoms with Crippen LogP contribution in [0.25, 0.3) is 0 Å². The van der Waals surface area contributed by atoms with E-state index in [9.17, 15) is 4.79 Å². The van der Waals surface area contributed by atoms with Crippen molar-refractivity contribution in [2.24, 2.45) is 4.99 Å². The molecule has 0 aromatic heterocycles. The van der Waals surface area contributed by atoms with E-state index in [4.69, 9.17) is 4.74 Å². The zero-order valence-corrected chi connectivity index (χ0v) is 8.37. The molecule has 0 aliphatic carbocycles. The summed E-state index contributed by atoms with van der Waals surface area (Å²) in [5.41, 5.74) is 0. The summed E-state index contributed by atoms with van der Waals surface area (Å²) < 4.78 is 5.31. The van der Waals surface area contributed by atoms with E-state index in [1.165, 1.54) is 0 Å². The number of aliphatic imine (C=N–C) groups is 1. The minimum atomic E-state index is 0.202. The van der Waals surface area contributed by atoms with Gasteiger partial charge in [-0.2, -0.15) is 0 Å². The van der Waals surface area contributed by atoms with Gasteiger partial charge in [-0.25, -0.2) is 4.99 Å². The maximum Gasteiger partial charge on any atom is 0.211 e. The number of ether oxygens (including phenoxy) is 1. The summed E-state index contributed by atoms with van der Waals surface area (Å²) >= 11 is 0. The molecule has 3 rings (SSSR count). The zero-order valence-electron chi connectivity index (χ0n) is 8.37. The van der Waals surface area contributed by atoms with Crippen molar-refractivity contribution in [3.63, 3.8) is 0 Å². The lowest BCUT2D eigenvalue weighted by Gasteiger charge is -2.48. The maximum absolute atomic E-state index is 10.8. The van der Waals surface area contributed by atoms with Gasteiger partial charge in [0.25, 0.3) is 0 Å². The predicted molar refractivity (Wildman–Crippen MR) is 54.2 cm³/mol. The van der Waals surface area contributed by atoms with E-state index in [0.717, 1.165) is 25.2 Å². The molecular weight excluding hydrogens is 194 g/mol. The highest BCUT2D eigenvalue weighted by molar-refractivity contribution is 5.90. The molecule has 5 heteroatoms. The van der Waals surface area contributed by atoms with Crippen molar-refractivity contribution < 1.29 is 9.53 Å². The first-order valence-electron chi connectivity index (χ1n) is 5.17. The Labute approximate surface area is 88.0 Å². The molecule has 2 fully saturated rings. The number of carbonyl (C=O) groups is 1. The van der Waals surface area contributed by atoms with Crippen LogP contribution in [0.5, 0.6) is 0 Å². The van der Waals surface area contributed by atoms with E-state index in [0.29, 0.717) is 19.4 Å². The number of hydrogen-bond donors (Lipinski definition) is 0. The molecule has 3 heterocycles. The van der Waals surface area contributed by atoms with E-state index < -0.39 is 0 Å². The first kappa shape index (κ1) is 8.91. The lowest BCUT2D eigenvalue weighted by Crippen LogP contribution is -2.61. The normalized spacial score (nSPS) is 33.5. The highest BCUT2D eigenvalue weighted by Crippen LogP contribution is 2.29. The Kier molecular flexibility index (Phi) is 1.98. The molecule has 1 amide bonds. The van der Waals surface area contributed by atoms with Crippen molar-refractivity contribution in [3.8, 4) is 0 Å². The predicted octanol–water partition coefficient (Wildman–Crippen LogP) is -0.199. The summed E-state index contributed by atoms with van der Waals surface area (Å²) in [5.74, 6) is 1.14. The fourth-order valence-electron chi connectivity index (χ4n) is 2.42. The summed E-state index contributed by atoms with van der Waals surface area (Å²) in [6.07, 6.45) is 5.73. The molecule has 15 heavy (non-hydrogen) atoms. The van der Waals surface area contributed by atoms with E-state index >= 15 is 0 Å². The number of amides is 1. The second-order valence-electron chi connectivity index (χ2n) is 4.04. The van der Waals surface area contributed by atoms with Gasteiger partial charge in [0.05, 0.1) is 18.7 Å². The third-order valence-electron chi connectivity index (χ3n) is 3.29. The fraction of sp³-hybridized carbons (Fsp3) is 0.600. The van der Waals surface area contributed by atoms with Crippen LogP contribution in [0.2, 0.25) is 0 Å². The smallest absolute Gasteiger partial charge is 0.211 e. The van der Waals surface area contributed by atoms with Crippen LogP contribution in [-0.2, 0) is 9.53 Å². The Morgan fingerprint density at radius 1 is 1.53 bits per heavy atom. The average Bonchev–Trinajstić information content (AvgIpc) is 2.68. The van der Waals surface area contributed by atoms with Crippen LogP contribution in [0.4, 0.5) is 0 Å². The van der Waals surface area contributed by atoms with Crippen molar-refractivity contribution in [3.05, 3.63) is 12.3 Å². The van der Waals surface area contributed by atoms with E-state index in [2.05, 4.69) is 9.89 Å². The Hall–Kier alpha value is -1.36. The summed E-state index contributed by atoms with van der Waals surface area (Å²) in [6, 6.07) is 0.592. The number of amidine groups is 1. The van der Waals surface area contributed by atoms with Crippen molar-refractivity contribution in [2.45, 2.75) is 18.5 Å². The van der Waals surface area contributed by atoms with Crippen LogP contribution in [0.15, 0.2) is 17.3 Å². The molecule has 5 nitrogen and oxygen atoms in total. The van der Waals surface area contributed by atoms with Crippen LogP contribution in [-0.4, -0.2) is 54.0 Å². The average molecular weight is 207 g/mol. The largest absolute Gasteiger partial charge is 0.359 e. The van der Waals surface area contributed by atoms with Gasteiger partial charge in [0.2, 0.25) is 6.41 Å². The van der Waals surface area contributed by atoms with E-state index in [1.807, 2.05) is 12.3 Å². The summed E-state index contributed by atoms with van der Waals surface area (Å²) in [6.45, 7) is 1.99. The maximum atomic E-state index is 10.8. The highest BCUT2D eigenvalue weighted by atomic mass is 16.5. The third kappa shape index (κ3) is 1.26. The molecule has 0 N–H and O–H groups in total. The van der Waals surface area contributed by atoms with E-state index in [-0.39, 0.29) is 6.04 Å². The van der Waals surface area contributed by atoms with Crippen molar-refractivity contribution in [1.82, 2.24) is 9.80 Å². The number of hydrogen-bond acceptors (Lipinski definition) is 4. The van der Waals surface area contributed by atoms with Gasteiger partial charge in [0.1, 0.15) is 12.6 Å². The van der Waals surface area contributed by atoms with Crippen LogP contribution >= 0.6 is 0 Å². The summed E-state index contributed by atoms with van der Waals surface area (Å²) in [5, 5.41) is 0. The lowest BCUT2D eigenvalue weighted by molar-refractivity contribution is -0.120. The van der Waals surface area contributed by atoms with E-state index in [1.54, 1.807) is 4.90 Å². The molecule has 0 radical (unpaired) electrons. The molecule has 0 bridgehead atoms. The van der Waals surface area contributed by atoms with Crippen LogP contribution < -0.4 is 0 Å². The molecule has 0 spiro atoms. The Morgan fingerprint density at radius 2 is 2.47 bits per heavy atom. The topological polar surface area (TPSA) is 45.1 Å².